The van der Waals surface area contributed by atoms with Gasteiger partial charge in [0, 0.05) is 40.9 Å². The molecule has 1 aromatic heterocycles. The summed E-state index contributed by atoms with van der Waals surface area (Å²) in [4.78, 5) is 0. The van der Waals surface area contributed by atoms with E-state index in [1.807, 2.05) is 30.1 Å². The molecule has 2 rings (SSSR count). The molecular weight excluding hydrogens is 318 g/mol. The molecule has 5 heteroatoms. The summed E-state index contributed by atoms with van der Waals surface area (Å²) in [7, 11) is 3.66. The lowest BCUT2D eigenvalue weighted by atomic mass is 10.1. The standard InChI is InChI=1S/C15H20BrN3O/c1-10(14-9-18-19(3)11(14)2)17-8-12-7-13(16)5-6-15(12)20-4/h5-7,9-10,17H,8H2,1-4H3. The van der Waals surface area contributed by atoms with Gasteiger partial charge in [-0.25, -0.2) is 0 Å². The van der Waals surface area contributed by atoms with Crippen LogP contribution < -0.4 is 10.1 Å². The van der Waals surface area contributed by atoms with Gasteiger partial charge in [0.25, 0.3) is 0 Å². The number of ether oxygens (including phenoxy) is 1. The summed E-state index contributed by atoms with van der Waals surface area (Å²) in [6.45, 7) is 4.98. The van der Waals surface area contributed by atoms with E-state index in [1.165, 1.54) is 11.3 Å². The van der Waals surface area contributed by atoms with Crippen molar-refractivity contribution in [2.24, 2.45) is 7.05 Å². The number of aromatic nitrogens is 2. The summed E-state index contributed by atoms with van der Waals surface area (Å²) < 4.78 is 8.34. The Morgan fingerprint density at radius 2 is 2.20 bits per heavy atom. The number of hydrogen-bond donors (Lipinski definition) is 1. The molecule has 4 nitrogen and oxygen atoms in total. The molecule has 0 bridgehead atoms. The number of rotatable bonds is 5. The molecule has 1 heterocycles. The van der Waals surface area contributed by atoms with Gasteiger partial charge in [0.2, 0.25) is 0 Å². The SMILES string of the molecule is COc1ccc(Br)cc1CNC(C)c1cnn(C)c1C. The van der Waals surface area contributed by atoms with E-state index in [9.17, 15) is 0 Å². The number of benzene rings is 1. The zero-order chi connectivity index (χ0) is 14.7. The second kappa shape index (κ2) is 6.41. The Balaban J connectivity index is 2.09. The van der Waals surface area contributed by atoms with E-state index >= 15 is 0 Å². The Labute approximate surface area is 128 Å². The molecule has 1 aromatic carbocycles. The predicted molar refractivity (Wildman–Crippen MR) is 83.9 cm³/mol. The molecule has 0 aliphatic carbocycles. The summed E-state index contributed by atoms with van der Waals surface area (Å²) in [5.41, 5.74) is 3.54. The van der Waals surface area contributed by atoms with Crippen molar-refractivity contribution in [3.05, 3.63) is 45.7 Å². The Hall–Kier alpha value is -1.33. The van der Waals surface area contributed by atoms with Crippen LogP contribution in [0.3, 0.4) is 0 Å². The topological polar surface area (TPSA) is 39.1 Å². The molecule has 0 amide bonds. The lowest BCUT2D eigenvalue weighted by molar-refractivity contribution is 0.406. The largest absolute Gasteiger partial charge is 0.496 e. The van der Waals surface area contributed by atoms with Gasteiger partial charge in [0.15, 0.2) is 0 Å². The maximum Gasteiger partial charge on any atom is 0.123 e. The van der Waals surface area contributed by atoms with Crippen LogP contribution in [0, 0.1) is 6.92 Å². The van der Waals surface area contributed by atoms with E-state index in [1.54, 1.807) is 7.11 Å². The molecule has 1 unspecified atom stereocenters. The third-order valence-electron chi connectivity index (χ3n) is 3.58. The maximum absolute atomic E-state index is 5.39. The fraction of sp³-hybridized carbons (Fsp3) is 0.400. The molecule has 0 fully saturated rings. The minimum Gasteiger partial charge on any atom is -0.496 e. The van der Waals surface area contributed by atoms with Crippen LogP contribution in [0.25, 0.3) is 0 Å². The molecule has 0 aliphatic heterocycles. The zero-order valence-electron chi connectivity index (χ0n) is 12.3. The quantitative estimate of drug-likeness (QED) is 0.909. The average molecular weight is 338 g/mol. The zero-order valence-corrected chi connectivity index (χ0v) is 13.9. The molecule has 0 saturated carbocycles. The molecular formula is C15H20BrN3O. The van der Waals surface area contributed by atoms with Crippen LogP contribution >= 0.6 is 15.9 Å². The van der Waals surface area contributed by atoms with Gasteiger partial charge >= 0.3 is 0 Å². The highest BCUT2D eigenvalue weighted by Crippen LogP contribution is 2.24. The molecule has 20 heavy (non-hydrogen) atoms. The number of methoxy groups -OCH3 is 1. The highest BCUT2D eigenvalue weighted by molar-refractivity contribution is 9.10. The maximum atomic E-state index is 5.39. The Morgan fingerprint density at radius 3 is 2.80 bits per heavy atom. The van der Waals surface area contributed by atoms with Gasteiger partial charge in [-0.3, -0.25) is 4.68 Å². The second-order valence-corrected chi connectivity index (χ2v) is 5.78. The first-order valence-corrected chi connectivity index (χ1v) is 7.36. The summed E-state index contributed by atoms with van der Waals surface area (Å²) in [5.74, 6) is 0.899. The highest BCUT2D eigenvalue weighted by atomic mass is 79.9. The number of hydrogen-bond acceptors (Lipinski definition) is 3. The van der Waals surface area contributed by atoms with Crippen LogP contribution in [0.2, 0.25) is 0 Å². The Kier molecular flexibility index (Phi) is 4.83. The first kappa shape index (κ1) is 15.1. The minimum absolute atomic E-state index is 0.243. The summed E-state index contributed by atoms with van der Waals surface area (Å²) in [5, 5.41) is 7.80. The van der Waals surface area contributed by atoms with Crippen molar-refractivity contribution in [3.63, 3.8) is 0 Å². The first-order valence-electron chi connectivity index (χ1n) is 6.57. The number of nitrogens with one attached hydrogen (secondary N) is 1. The van der Waals surface area contributed by atoms with Gasteiger partial charge < -0.3 is 10.1 Å². The summed E-state index contributed by atoms with van der Waals surface area (Å²) >= 11 is 3.50. The van der Waals surface area contributed by atoms with E-state index in [-0.39, 0.29) is 6.04 Å². The van der Waals surface area contributed by atoms with Crippen LogP contribution in [0.5, 0.6) is 5.75 Å². The number of halogens is 1. The van der Waals surface area contributed by atoms with E-state index in [0.717, 1.165) is 22.3 Å². The monoisotopic (exact) mass is 337 g/mol. The summed E-state index contributed by atoms with van der Waals surface area (Å²) in [6.07, 6.45) is 1.92. The summed E-state index contributed by atoms with van der Waals surface area (Å²) in [6, 6.07) is 6.28. The predicted octanol–water partition coefficient (Wildman–Crippen LogP) is 3.35. The Morgan fingerprint density at radius 1 is 1.45 bits per heavy atom. The van der Waals surface area contributed by atoms with Crippen molar-refractivity contribution < 1.29 is 4.74 Å². The van der Waals surface area contributed by atoms with Gasteiger partial charge in [-0.05, 0) is 32.0 Å². The molecule has 0 spiro atoms. The van der Waals surface area contributed by atoms with Crippen LogP contribution in [0.15, 0.2) is 28.9 Å². The number of nitrogens with zero attached hydrogens (tertiary/aromatic N) is 2. The van der Waals surface area contributed by atoms with Crippen molar-refractivity contribution in [1.29, 1.82) is 0 Å². The van der Waals surface area contributed by atoms with Crippen molar-refractivity contribution in [1.82, 2.24) is 15.1 Å². The van der Waals surface area contributed by atoms with E-state index < -0.39 is 0 Å². The fourth-order valence-corrected chi connectivity index (χ4v) is 2.61. The van der Waals surface area contributed by atoms with Crippen molar-refractivity contribution >= 4 is 15.9 Å². The number of aryl methyl sites for hydroxylation is 1. The van der Waals surface area contributed by atoms with Gasteiger partial charge in [0.05, 0.1) is 13.3 Å². The molecule has 1 atom stereocenters. The van der Waals surface area contributed by atoms with Crippen LogP contribution in [0.4, 0.5) is 0 Å². The molecule has 1 N–H and O–H groups in total. The lowest BCUT2D eigenvalue weighted by Gasteiger charge is -2.15. The van der Waals surface area contributed by atoms with Gasteiger partial charge in [-0.15, -0.1) is 0 Å². The molecule has 0 radical (unpaired) electrons. The fourth-order valence-electron chi connectivity index (χ4n) is 2.20. The van der Waals surface area contributed by atoms with Crippen molar-refractivity contribution in [2.45, 2.75) is 26.4 Å². The molecule has 2 aromatic rings. The van der Waals surface area contributed by atoms with Crippen molar-refractivity contribution in [3.8, 4) is 5.75 Å². The third-order valence-corrected chi connectivity index (χ3v) is 4.07. The average Bonchev–Trinajstić information content (AvgIpc) is 2.76. The normalized spacial score (nSPS) is 12.4. The molecule has 0 saturated heterocycles. The van der Waals surface area contributed by atoms with E-state index in [0.29, 0.717) is 0 Å². The highest BCUT2D eigenvalue weighted by Gasteiger charge is 2.12. The molecule has 0 aliphatic rings. The lowest BCUT2D eigenvalue weighted by Crippen LogP contribution is -2.19. The third kappa shape index (κ3) is 3.22. The van der Waals surface area contributed by atoms with Gasteiger partial charge in [0.1, 0.15) is 5.75 Å². The van der Waals surface area contributed by atoms with Crippen LogP contribution in [-0.4, -0.2) is 16.9 Å². The Bertz CT molecular complexity index is 595. The first-order chi connectivity index (χ1) is 9.52. The second-order valence-electron chi connectivity index (χ2n) is 4.87. The van der Waals surface area contributed by atoms with Crippen molar-refractivity contribution in [2.75, 3.05) is 7.11 Å². The van der Waals surface area contributed by atoms with E-state index in [4.69, 9.17) is 4.74 Å². The van der Waals surface area contributed by atoms with Crippen LogP contribution in [-0.2, 0) is 13.6 Å². The molecule has 108 valence electrons. The van der Waals surface area contributed by atoms with Crippen LogP contribution in [0.1, 0.15) is 29.8 Å². The smallest absolute Gasteiger partial charge is 0.123 e. The van der Waals surface area contributed by atoms with Gasteiger partial charge in [-0.2, -0.15) is 5.10 Å². The van der Waals surface area contributed by atoms with E-state index in [2.05, 4.69) is 46.3 Å². The minimum atomic E-state index is 0.243. The van der Waals surface area contributed by atoms with Gasteiger partial charge in [-0.1, -0.05) is 15.9 Å².